The summed E-state index contributed by atoms with van der Waals surface area (Å²) in [5.41, 5.74) is 0.886. The third kappa shape index (κ3) is 6.46. The zero-order valence-electron chi connectivity index (χ0n) is 10.9. The summed E-state index contributed by atoms with van der Waals surface area (Å²) in [6.45, 7) is 8.10. The van der Waals surface area contributed by atoms with Crippen LogP contribution in [0, 0.1) is 0 Å². The maximum absolute atomic E-state index is 8.89. The van der Waals surface area contributed by atoms with Crippen LogP contribution in [-0.4, -0.2) is 26.6 Å². The largest absolute Gasteiger partial charge is 0.468 e. The van der Waals surface area contributed by atoms with Crippen LogP contribution in [0.2, 0.25) is 25.7 Å². The molecule has 17 heavy (non-hydrogen) atoms. The van der Waals surface area contributed by atoms with Gasteiger partial charge < -0.3 is 14.6 Å². The van der Waals surface area contributed by atoms with E-state index in [1.165, 1.54) is 0 Å². The van der Waals surface area contributed by atoms with Crippen molar-refractivity contribution in [2.24, 2.45) is 0 Å². The summed E-state index contributed by atoms with van der Waals surface area (Å²) < 4.78 is 10.9. The molecule has 1 aromatic rings. The normalized spacial score (nSPS) is 11.5. The molecule has 1 aromatic carbocycles. The lowest BCUT2D eigenvalue weighted by Crippen LogP contribution is -2.22. The molecule has 0 unspecified atom stereocenters. The van der Waals surface area contributed by atoms with Crippen molar-refractivity contribution in [3.05, 3.63) is 29.8 Å². The Labute approximate surface area is 104 Å². The van der Waals surface area contributed by atoms with Gasteiger partial charge in [0.2, 0.25) is 0 Å². The van der Waals surface area contributed by atoms with Crippen molar-refractivity contribution in [2.75, 3.05) is 13.4 Å². The fraction of sp³-hybridized carbons (Fsp3) is 0.538. The van der Waals surface area contributed by atoms with Crippen LogP contribution in [0.3, 0.4) is 0 Å². The highest BCUT2D eigenvalue weighted by Gasteiger charge is 2.11. The Bertz CT molecular complexity index is 316. The molecule has 0 aliphatic heterocycles. The van der Waals surface area contributed by atoms with Gasteiger partial charge in [-0.05, 0) is 23.7 Å². The lowest BCUT2D eigenvalue weighted by molar-refractivity contribution is 0.0220. The van der Waals surface area contributed by atoms with Crippen molar-refractivity contribution in [1.29, 1.82) is 0 Å². The maximum atomic E-state index is 8.89. The molecule has 96 valence electrons. The molecule has 0 aliphatic carbocycles. The Morgan fingerprint density at radius 1 is 1.12 bits per heavy atom. The van der Waals surface area contributed by atoms with E-state index in [0.717, 1.165) is 24.0 Å². The molecular formula is C13H22O3Si. The summed E-state index contributed by atoms with van der Waals surface area (Å²) >= 11 is 0. The predicted molar refractivity (Wildman–Crippen MR) is 72.0 cm³/mol. The molecule has 0 saturated heterocycles. The van der Waals surface area contributed by atoms with Crippen molar-refractivity contribution in [2.45, 2.75) is 32.3 Å². The van der Waals surface area contributed by atoms with E-state index in [1.54, 1.807) is 0 Å². The van der Waals surface area contributed by atoms with Gasteiger partial charge in [0.1, 0.15) is 5.75 Å². The second kappa shape index (κ2) is 6.79. The number of hydrogen-bond acceptors (Lipinski definition) is 3. The number of aliphatic hydroxyl groups is 1. The van der Waals surface area contributed by atoms with Gasteiger partial charge in [0.15, 0.2) is 6.79 Å². The van der Waals surface area contributed by atoms with Crippen molar-refractivity contribution in [3.63, 3.8) is 0 Å². The number of benzene rings is 1. The standard InChI is InChI=1S/C13H22O3Si/c1-17(2,3)9-8-15-11-16-13-6-4-12(10-14)5-7-13/h4-7,14H,8-11H2,1-3H3. The van der Waals surface area contributed by atoms with E-state index in [4.69, 9.17) is 14.6 Å². The third-order valence-electron chi connectivity index (χ3n) is 2.41. The molecule has 0 amide bonds. The highest BCUT2D eigenvalue weighted by molar-refractivity contribution is 6.76. The molecule has 0 saturated carbocycles. The zero-order valence-corrected chi connectivity index (χ0v) is 11.9. The van der Waals surface area contributed by atoms with Crippen molar-refractivity contribution >= 4 is 8.07 Å². The second-order valence-electron chi connectivity index (χ2n) is 5.28. The minimum absolute atomic E-state index is 0.0625. The van der Waals surface area contributed by atoms with Gasteiger partial charge in [-0.25, -0.2) is 0 Å². The van der Waals surface area contributed by atoms with Gasteiger partial charge in [0.25, 0.3) is 0 Å². The van der Waals surface area contributed by atoms with E-state index >= 15 is 0 Å². The third-order valence-corrected chi connectivity index (χ3v) is 4.12. The Morgan fingerprint density at radius 2 is 1.76 bits per heavy atom. The average molecular weight is 254 g/mol. The highest BCUT2D eigenvalue weighted by atomic mass is 28.3. The first-order valence-corrected chi connectivity index (χ1v) is 9.62. The van der Waals surface area contributed by atoms with Gasteiger partial charge in [0.05, 0.1) is 6.61 Å². The molecule has 1 rings (SSSR count). The fourth-order valence-corrected chi connectivity index (χ4v) is 1.99. The highest BCUT2D eigenvalue weighted by Crippen LogP contribution is 2.12. The van der Waals surface area contributed by atoms with E-state index in [-0.39, 0.29) is 6.61 Å². The van der Waals surface area contributed by atoms with Crippen molar-refractivity contribution in [3.8, 4) is 5.75 Å². The first-order valence-electron chi connectivity index (χ1n) is 5.91. The molecule has 3 nitrogen and oxygen atoms in total. The van der Waals surface area contributed by atoms with Gasteiger partial charge in [-0.2, -0.15) is 0 Å². The van der Waals surface area contributed by atoms with Crippen LogP contribution in [0.4, 0.5) is 0 Å². The van der Waals surface area contributed by atoms with Crippen LogP contribution >= 0.6 is 0 Å². The van der Waals surface area contributed by atoms with Gasteiger partial charge >= 0.3 is 0 Å². The summed E-state index contributed by atoms with van der Waals surface area (Å²) in [7, 11) is -1.01. The summed E-state index contributed by atoms with van der Waals surface area (Å²) in [6, 6.07) is 8.52. The van der Waals surface area contributed by atoms with E-state index in [1.807, 2.05) is 24.3 Å². The fourth-order valence-electron chi connectivity index (χ4n) is 1.24. The second-order valence-corrected chi connectivity index (χ2v) is 10.9. The Kier molecular flexibility index (Phi) is 5.68. The number of rotatable bonds is 7. The lowest BCUT2D eigenvalue weighted by Gasteiger charge is -2.15. The minimum atomic E-state index is -1.01. The number of hydrogen-bond donors (Lipinski definition) is 1. The molecule has 0 radical (unpaired) electrons. The van der Waals surface area contributed by atoms with Crippen LogP contribution in [0.5, 0.6) is 5.75 Å². The van der Waals surface area contributed by atoms with E-state index in [9.17, 15) is 0 Å². The van der Waals surface area contributed by atoms with E-state index < -0.39 is 8.07 Å². The monoisotopic (exact) mass is 254 g/mol. The molecule has 0 spiro atoms. The number of aliphatic hydroxyl groups excluding tert-OH is 1. The first kappa shape index (κ1) is 14.2. The Hall–Kier alpha value is -0.843. The first-order chi connectivity index (χ1) is 8.01. The molecule has 0 aromatic heterocycles. The summed E-state index contributed by atoms with van der Waals surface area (Å²) in [4.78, 5) is 0. The minimum Gasteiger partial charge on any atom is -0.468 e. The van der Waals surface area contributed by atoms with Gasteiger partial charge in [0, 0.05) is 14.7 Å². The SMILES string of the molecule is C[Si](C)(C)CCOCOc1ccc(CO)cc1. The molecule has 0 aliphatic rings. The van der Waals surface area contributed by atoms with Gasteiger partial charge in [-0.1, -0.05) is 31.8 Å². The van der Waals surface area contributed by atoms with E-state index in [2.05, 4.69) is 19.6 Å². The van der Waals surface area contributed by atoms with Crippen LogP contribution in [0.15, 0.2) is 24.3 Å². The summed E-state index contributed by atoms with van der Waals surface area (Å²) in [5, 5.41) is 8.89. The molecule has 1 N–H and O–H groups in total. The average Bonchev–Trinajstić information content (AvgIpc) is 2.28. The van der Waals surface area contributed by atoms with Crippen LogP contribution < -0.4 is 4.74 Å². The Morgan fingerprint density at radius 3 is 2.29 bits per heavy atom. The van der Waals surface area contributed by atoms with Gasteiger partial charge in [-0.15, -0.1) is 0 Å². The summed E-state index contributed by atoms with van der Waals surface area (Å²) in [5.74, 6) is 0.773. The summed E-state index contributed by atoms with van der Waals surface area (Å²) in [6.07, 6.45) is 0. The zero-order chi connectivity index (χ0) is 12.7. The molecule has 4 heteroatoms. The topological polar surface area (TPSA) is 38.7 Å². The van der Waals surface area contributed by atoms with E-state index in [0.29, 0.717) is 6.79 Å². The predicted octanol–water partition coefficient (Wildman–Crippen LogP) is 2.87. The molecule has 0 atom stereocenters. The Balaban J connectivity index is 2.18. The molecular weight excluding hydrogens is 232 g/mol. The van der Waals surface area contributed by atoms with Crippen LogP contribution in [-0.2, 0) is 11.3 Å². The molecule has 0 fully saturated rings. The molecule has 0 heterocycles. The van der Waals surface area contributed by atoms with Crippen LogP contribution in [0.1, 0.15) is 5.56 Å². The lowest BCUT2D eigenvalue weighted by atomic mass is 10.2. The van der Waals surface area contributed by atoms with Crippen molar-refractivity contribution < 1.29 is 14.6 Å². The number of ether oxygens (including phenoxy) is 2. The van der Waals surface area contributed by atoms with Gasteiger partial charge in [-0.3, -0.25) is 0 Å². The maximum Gasteiger partial charge on any atom is 0.189 e. The van der Waals surface area contributed by atoms with Crippen LogP contribution in [0.25, 0.3) is 0 Å². The quantitative estimate of drug-likeness (QED) is 0.462. The van der Waals surface area contributed by atoms with Crippen molar-refractivity contribution in [1.82, 2.24) is 0 Å². The smallest absolute Gasteiger partial charge is 0.189 e. The molecule has 0 bridgehead atoms.